The van der Waals surface area contributed by atoms with Crippen LogP contribution in [-0.2, 0) is 6.54 Å². The number of pyridine rings is 2. The van der Waals surface area contributed by atoms with E-state index in [1.807, 2.05) is 55.5 Å². The predicted molar refractivity (Wildman–Crippen MR) is 115 cm³/mol. The minimum absolute atomic E-state index is 0.548. The Kier molecular flexibility index (Phi) is 5.39. The molecule has 3 aromatic heterocycles. The lowest BCUT2D eigenvalue weighted by molar-refractivity contribution is 0.413. The third-order valence-corrected chi connectivity index (χ3v) is 4.75. The molecule has 148 valence electrons. The number of aryl methyl sites for hydroxylation is 1. The van der Waals surface area contributed by atoms with Crippen LogP contribution in [0.5, 0.6) is 5.75 Å². The summed E-state index contributed by atoms with van der Waals surface area (Å²) >= 11 is 0. The number of nitriles is 1. The Bertz CT molecular complexity index is 1210. The van der Waals surface area contributed by atoms with Crippen molar-refractivity contribution in [1.82, 2.24) is 20.2 Å². The molecule has 3 heterocycles. The maximum absolute atomic E-state index is 9.06. The SMILES string of the molecule is COc1ccc(-c2cc(CNc3cc(-c4ccc(C#N)cc4C)ccn3)[nH]n2)nc1. The topological polar surface area (TPSA) is 99.5 Å². The molecule has 30 heavy (non-hydrogen) atoms. The monoisotopic (exact) mass is 396 g/mol. The van der Waals surface area contributed by atoms with E-state index in [-0.39, 0.29) is 0 Å². The molecule has 0 saturated carbocycles. The van der Waals surface area contributed by atoms with Crippen LogP contribution in [0.4, 0.5) is 5.82 Å². The molecule has 7 heteroatoms. The molecule has 2 N–H and O–H groups in total. The normalized spacial score (nSPS) is 10.4. The van der Waals surface area contributed by atoms with E-state index in [1.54, 1.807) is 19.5 Å². The van der Waals surface area contributed by atoms with Gasteiger partial charge in [0.05, 0.1) is 42.9 Å². The van der Waals surface area contributed by atoms with Crippen molar-refractivity contribution in [2.45, 2.75) is 13.5 Å². The predicted octanol–water partition coefficient (Wildman–Crippen LogP) is 4.33. The van der Waals surface area contributed by atoms with E-state index in [0.717, 1.165) is 39.6 Å². The Balaban J connectivity index is 1.46. The molecule has 7 nitrogen and oxygen atoms in total. The summed E-state index contributed by atoms with van der Waals surface area (Å²) in [5, 5.41) is 19.7. The Morgan fingerprint density at radius 2 is 1.97 bits per heavy atom. The van der Waals surface area contributed by atoms with E-state index in [1.165, 1.54) is 0 Å². The number of nitrogens with zero attached hydrogens (tertiary/aromatic N) is 4. The molecule has 0 amide bonds. The van der Waals surface area contributed by atoms with E-state index in [2.05, 4.69) is 31.6 Å². The molecule has 4 aromatic rings. The molecule has 1 aromatic carbocycles. The van der Waals surface area contributed by atoms with Gasteiger partial charge in [0, 0.05) is 6.20 Å². The summed E-state index contributed by atoms with van der Waals surface area (Å²) < 4.78 is 5.14. The van der Waals surface area contributed by atoms with Crippen molar-refractivity contribution in [1.29, 1.82) is 5.26 Å². The van der Waals surface area contributed by atoms with Crippen LogP contribution in [0.1, 0.15) is 16.8 Å². The van der Waals surface area contributed by atoms with Gasteiger partial charge in [0.15, 0.2) is 0 Å². The Morgan fingerprint density at radius 3 is 2.70 bits per heavy atom. The molecule has 0 atom stereocenters. The first-order valence-corrected chi connectivity index (χ1v) is 9.42. The molecular weight excluding hydrogens is 376 g/mol. The minimum atomic E-state index is 0.548. The number of ether oxygens (including phenoxy) is 1. The number of aromatic nitrogens is 4. The largest absolute Gasteiger partial charge is 0.495 e. The fraction of sp³-hybridized carbons (Fsp3) is 0.130. The van der Waals surface area contributed by atoms with Gasteiger partial charge in [-0.25, -0.2) is 4.98 Å². The number of aromatic amines is 1. The van der Waals surface area contributed by atoms with Crippen LogP contribution in [0, 0.1) is 18.3 Å². The molecule has 0 aliphatic rings. The number of nitrogens with one attached hydrogen (secondary N) is 2. The second kappa shape index (κ2) is 8.45. The zero-order chi connectivity index (χ0) is 20.9. The van der Waals surface area contributed by atoms with Crippen molar-refractivity contribution in [3.63, 3.8) is 0 Å². The standard InChI is InChI=1S/C23H20N6O/c1-15-9-16(12-24)3-5-20(15)17-7-8-25-23(10-17)27-13-18-11-22(29-28-18)21-6-4-19(30-2)14-26-21/h3-11,14H,13H2,1-2H3,(H,25,27)(H,28,29). The molecule has 0 fully saturated rings. The average Bonchev–Trinajstić information content (AvgIpc) is 3.27. The van der Waals surface area contributed by atoms with Crippen molar-refractivity contribution in [3.05, 3.63) is 77.7 Å². The molecule has 0 unspecified atom stereocenters. The average molecular weight is 396 g/mol. The maximum atomic E-state index is 9.06. The number of rotatable bonds is 6. The van der Waals surface area contributed by atoms with Crippen LogP contribution < -0.4 is 10.1 Å². The molecule has 0 bridgehead atoms. The summed E-state index contributed by atoms with van der Waals surface area (Å²) in [5.74, 6) is 1.47. The van der Waals surface area contributed by atoms with Crippen molar-refractivity contribution < 1.29 is 4.74 Å². The lowest BCUT2D eigenvalue weighted by Crippen LogP contribution is -2.01. The van der Waals surface area contributed by atoms with Crippen LogP contribution in [0.2, 0.25) is 0 Å². The quantitative estimate of drug-likeness (QED) is 0.503. The van der Waals surface area contributed by atoms with Gasteiger partial charge in [0.25, 0.3) is 0 Å². The summed E-state index contributed by atoms with van der Waals surface area (Å²) in [6.07, 6.45) is 3.44. The van der Waals surface area contributed by atoms with Crippen LogP contribution in [0.25, 0.3) is 22.5 Å². The number of anilines is 1. The number of benzene rings is 1. The van der Waals surface area contributed by atoms with E-state index < -0.39 is 0 Å². The van der Waals surface area contributed by atoms with Crippen molar-refractivity contribution in [3.8, 4) is 34.3 Å². The van der Waals surface area contributed by atoms with Gasteiger partial charge in [-0.05, 0) is 66.1 Å². The Morgan fingerprint density at radius 1 is 1.07 bits per heavy atom. The van der Waals surface area contributed by atoms with Gasteiger partial charge in [0.1, 0.15) is 17.3 Å². The highest BCUT2D eigenvalue weighted by Gasteiger charge is 2.08. The summed E-state index contributed by atoms with van der Waals surface area (Å²) in [6, 6.07) is 17.5. The van der Waals surface area contributed by atoms with E-state index in [0.29, 0.717) is 17.9 Å². The fourth-order valence-corrected chi connectivity index (χ4v) is 3.17. The Hall–Kier alpha value is -4.18. The molecule has 0 aliphatic carbocycles. The van der Waals surface area contributed by atoms with Crippen LogP contribution in [0.15, 0.2) is 60.9 Å². The molecule has 0 radical (unpaired) electrons. The van der Waals surface area contributed by atoms with Crippen molar-refractivity contribution >= 4 is 5.82 Å². The second-order valence-corrected chi connectivity index (χ2v) is 6.79. The first-order chi connectivity index (χ1) is 14.7. The highest BCUT2D eigenvalue weighted by molar-refractivity contribution is 5.70. The minimum Gasteiger partial charge on any atom is -0.495 e. The molecule has 4 rings (SSSR count). The zero-order valence-corrected chi connectivity index (χ0v) is 16.7. The third kappa shape index (κ3) is 4.13. The molecule has 0 saturated heterocycles. The van der Waals surface area contributed by atoms with Gasteiger partial charge in [0.2, 0.25) is 0 Å². The Labute approximate surface area is 174 Å². The summed E-state index contributed by atoms with van der Waals surface area (Å²) in [4.78, 5) is 8.76. The summed E-state index contributed by atoms with van der Waals surface area (Å²) in [6.45, 7) is 2.55. The number of methoxy groups -OCH3 is 1. The summed E-state index contributed by atoms with van der Waals surface area (Å²) in [5.41, 5.74) is 6.29. The van der Waals surface area contributed by atoms with Crippen molar-refractivity contribution in [2.75, 3.05) is 12.4 Å². The second-order valence-electron chi connectivity index (χ2n) is 6.79. The van der Waals surface area contributed by atoms with Crippen LogP contribution in [-0.4, -0.2) is 27.3 Å². The molecular formula is C23H20N6O. The lowest BCUT2D eigenvalue weighted by Gasteiger charge is -2.09. The van der Waals surface area contributed by atoms with E-state index >= 15 is 0 Å². The van der Waals surface area contributed by atoms with Crippen LogP contribution in [0.3, 0.4) is 0 Å². The van der Waals surface area contributed by atoms with Gasteiger partial charge in [-0.3, -0.25) is 10.1 Å². The maximum Gasteiger partial charge on any atom is 0.137 e. The number of hydrogen-bond acceptors (Lipinski definition) is 6. The third-order valence-electron chi connectivity index (χ3n) is 4.75. The number of hydrogen-bond donors (Lipinski definition) is 2. The number of H-pyrrole nitrogens is 1. The summed E-state index contributed by atoms with van der Waals surface area (Å²) in [7, 11) is 1.61. The molecule has 0 spiro atoms. The van der Waals surface area contributed by atoms with Gasteiger partial charge in [-0.15, -0.1) is 0 Å². The van der Waals surface area contributed by atoms with Crippen LogP contribution >= 0.6 is 0 Å². The zero-order valence-electron chi connectivity index (χ0n) is 16.7. The molecule has 0 aliphatic heterocycles. The highest BCUT2D eigenvalue weighted by atomic mass is 16.5. The van der Waals surface area contributed by atoms with Gasteiger partial charge in [-0.2, -0.15) is 10.4 Å². The van der Waals surface area contributed by atoms with E-state index in [4.69, 9.17) is 10.00 Å². The fourth-order valence-electron chi connectivity index (χ4n) is 3.17. The first kappa shape index (κ1) is 19.2. The van der Waals surface area contributed by atoms with Gasteiger partial charge in [-0.1, -0.05) is 6.07 Å². The van der Waals surface area contributed by atoms with E-state index in [9.17, 15) is 0 Å². The first-order valence-electron chi connectivity index (χ1n) is 9.42. The van der Waals surface area contributed by atoms with Gasteiger partial charge >= 0.3 is 0 Å². The smallest absolute Gasteiger partial charge is 0.137 e. The lowest BCUT2D eigenvalue weighted by atomic mass is 9.99. The van der Waals surface area contributed by atoms with Crippen molar-refractivity contribution in [2.24, 2.45) is 0 Å². The van der Waals surface area contributed by atoms with Gasteiger partial charge < -0.3 is 10.1 Å². The highest BCUT2D eigenvalue weighted by Crippen LogP contribution is 2.26.